The molecule has 2 heterocycles. The van der Waals surface area contributed by atoms with Gasteiger partial charge in [0.1, 0.15) is 5.82 Å². The number of carbonyl (C=O) groups excluding carboxylic acids is 1. The highest BCUT2D eigenvalue weighted by atomic mass is 19.1. The quantitative estimate of drug-likeness (QED) is 0.830. The van der Waals surface area contributed by atoms with E-state index in [2.05, 4.69) is 9.80 Å². The Morgan fingerprint density at radius 1 is 1.17 bits per heavy atom. The van der Waals surface area contributed by atoms with Crippen molar-refractivity contribution in [3.63, 3.8) is 0 Å². The summed E-state index contributed by atoms with van der Waals surface area (Å²) in [6.45, 7) is 4.39. The normalized spacial score (nSPS) is 25.4. The van der Waals surface area contributed by atoms with Crippen LogP contribution in [0.25, 0.3) is 0 Å². The van der Waals surface area contributed by atoms with Gasteiger partial charge in [-0.2, -0.15) is 0 Å². The first-order valence-electron chi connectivity index (χ1n) is 8.89. The van der Waals surface area contributed by atoms with Gasteiger partial charge in [-0.3, -0.25) is 4.79 Å². The predicted octanol–water partition coefficient (Wildman–Crippen LogP) is 2.82. The van der Waals surface area contributed by atoms with Crippen LogP contribution in [0.15, 0.2) is 24.3 Å². The Kier molecular flexibility index (Phi) is 5.51. The molecule has 2 aliphatic rings. The summed E-state index contributed by atoms with van der Waals surface area (Å²) in [5, 5.41) is 0. The number of amides is 1. The van der Waals surface area contributed by atoms with E-state index in [-0.39, 0.29) is 17.3 Å². The van der Waals surface area contributed by atoms with Gasteiger partial charge in [0.05, 0.1) is 6.61 Å². The lowest BCUT2D eigenvalue weighted by atomic mass is 9.87. The summed E-state index contributed by atoms with van der Waals surface area (Å²) >= 11 is 0. The maximum atomic E-state index is 13.1. The van der Waals surface area contributed by atoms with Gasteiger partial charge in [-0.1, -0.05) is 12.1 Å². The number of ether oxygens (including phenoxy) is 1. The molecular formula is C19H27FN2O2. The molecule has 1 aromatic rings. The van der Waals surface area contributed by atoms with E-state index in [0.29, 0.717) is 13.0 Å². The molecule has 2 aliphatic heterocycles. The summed E-state index contributed by atoms with van der Waals surface area (Å²) in [6, 6.07) is 6.52. The highest BCUT2D eigenvalue weighted by Crippen LogP contribution is 2.40. The Balaban J connectivity index is 1.70. The molecule has 1 aromatic carbocycles. The van der Waals surface area contributed by atoms with Crippen molar-refractivity contribution in [2.24, 2.45) is 0 Å². The third-order valence-corrected chi connectivity index (χ3v) is 5.55. The van der Waals surface area contributed by atoms with Crippen LogP contribution in [0.1, 0.15) is 37.7 Å². The van der Waals surface area contributed by atoms with Crippen LogP contribution in [0, 0.1) is 5.82 Å². The average molecular weight is 334 g/mol. The lowest BCUT2D eigenvalue weighted by Crippen LogP contribution is -2.46. The maximum absolute atomic E-state index is 13.1. The molecule has 5 heteroatoms. The van der Waals surface area contributed by atoms with Crippen LogP contribution in [0.3, 0.4) is 0 Å². The zero-order valence-corrected chi connectivity index (χ0v) is 14.5. The molecule has 2 fully saturated rings. The molecule has 1 atom stereocenters. The summed E-state index contributed by atoms with van der Waals surface area (Å²) in [7, 11) is 1.74. The van der Waals surface area contributed by atoms with Gasteiger partial charge in [-0.05, 0) is 49.9 Å². The monoisotopic (exact) mass is 334 g/mol. The number of likely N-dealkylation sites (tertiary alicyclic amines) is 2. The van der Waals surface area contributed by atoms with Crippen molar-refractivity contribution in [3.8, 4) is 0 Å². The summed E-state index contributed by atoms with van der Waals surface area (Å²) in [5.74, 6) is 0.00845. The first kappa shape index (κ1) is 17.4. The lowest BCUT2D eigenvalue weighted by Gasteiger charge is -2.38. The van der Waals surface area contributed by atoms with Crippen LogP contribution in [0.4, 0.5) is 4.39 Å². The van der Waals surface area contributed by atoms with Gasteiger partial charge in [-0.15, -0.1) is 0 Å². The molecular weight excluding hydrogens is 307 g/mol. The molecule has 3 rings (SSSR count). The molecule has 4 nitrogen and oxygen atoms in total. The number of hydrogen-bond donors (Lipinski definition) is 0. The number of hydrogen-bond acceptors (Lipinski definition) is 3. The number of carbonyl (C=O) groups is 1. The molecule has 1 spiro atoms. The molecule has 0 aromatic heterocycles. The molecule has 1 amide bonds. The molecule has 0 saturated carbocycles. The van der Waals surface area contributed by atoms with E-state index in [4.69, 9.17) is 4.74 Å². The smallest absolute Gasteiger partial charge is 0.223 e. The standard InChI is InChI=1S/C19H27FN2O2/c1-24-14-13-21-11-2-8-19(10-12-21)9-7-18(23)22(19)15-16-3-5-17(20)6-4-16/h3-6H,2,7-15H2,1H3/t19-/m0/s1. The molecule has 2 saturated heterocycles. The largest absolute Gasteiger partial charge is 0.383 e. The number of rotatable bonds is 5. The fraction of sp³-hybridized carbons (Fsp3) is 0.632. The third-order valence-electron chi connectivity index (χ3n) is 5.55. The Morgan fingerprint density at radius 3 is 2.71 bits per heavy atom. The zero-order valence-electron chi connectivity index (χ0n) is 14.5. The second kappa shape index (κ2) is 7.62. The highest BCUT2D eigenvalue weighted by Gasteiger charge is 2.45. The fourth-order valence-corrected chi connectivity index (χ4v) is 4.10. The van der Waals surface area contributed by atoms with Crippen LogP contribution < -0.4 is 0 Å². The minimum atomic E-state index is -0.232. The van der Waals surface area contributed by atoms with E-state index in [1.165, 1.54) is 12.1 Å². The zero-order chi connectivity index (χ0) is 17.0. The fourth-order valence-electron chi connectivity index (χ4n) is 4.10. The second-order valence-corrected chi connectivity index (χ2v) is 7.02. The van der Waals surface area contributed by atoms with E-state index in [1.807, 2.05) is 0 Å². The minimum Gasteiger partial charge on any atom is -0.383 e. The van der Waals surface area contributed by atoms with Gasteiger partial charge in [0, 0.05) is 38.7 Å². The van der Waals surface area contributed by atoms with Gasteiger partial charge in [-0.25, -0.2) is 4.39 Å². The van der Waals surface area contributed by atoms with Crippen LogP contribution >= 0.6 is 0 Å². The Hall–Kier alpha value is -1.46. The van der Waals surface area contributed by atoms with Crippen molar-refractivity contribution in [3.05, 3.63) is 35.6 Å². The number of nitrogens with zero attached hydrogens (tertiary/aromatic N) is 2. The Labute approximate surface area is 143 Å². The first-order valence-corrected chi connectivity index (χ1v) is 8.89. The molecule has 132 valence electrons. The van der Waals surface area contributed by atoms with Crippen LogP contribution in [0.5, 0.6) is 0 Å². The maximum Gasteiger partial charge on any atom is 0.223 e. The van der Waals surface area contributed by atoms with Crippen molar-refractivity contribution in [2.45, 2.75) is 44.2 Å². The van der Waals surface area contributed by atoms with E-state index in [9.17, 15) is 9.18 Å². The van der Waals surface area contributed by atoms with Gasteiger partial charge in [0.25, 0.3) is 0 Å². The first-order chi connectivity index (χ1) is 11.6. The summed E-state index contributed by atoms with van der Waals surface area (Å²) in [4.78, 5) is 17.0. The van der Waals surface area contributed by atoms with Gasteiger partial charge in [0.15, 0.2) is 0 Å². The second-order valence-electron chi connectivity index (χ2n) is 7.02. The predicted molar refractivity (Wildman–Crippen MR) is 91.1 cm³/mol. The molecule has 0 aliphatic carbocycles. The van der Waals surface area contributed by atoms with Crippen molar-refractivity contribution in [2.75, 3.05) is 33.4 Å². The minimum absolute atomic E-state index is 0.0205. The Morgan fingerprint density at radius 2 is 1.96 bits per heavy atom. The highest BCUT2D eigenvalue weighted by molar-refractivity contribution is 5.79. The van der Waals surface area contributed by atoms with Crippen molar-refractivity contribution < 1.29 is 13.9 Å². The van der Waals surface area contributed by atoms with E-state index in [1.54, 1.807) is 19.2 Å². The van der Waals surface area contributed by atoms with E-state index in [0.717, 1.165) is 57.5 Å². The molecule has 24 heavy (non-hydrogen) atoms. The van der Waals surface area contributed by atoms with Crippen LogP contribution in [0.2, 0.25) is 0 Å². The number of benzene rings is 1. The van der Waals surface area contributed by atoms with Crippen molar-refractivity contribution >= 4 is 5.91 Å². The number of methoxy groups -OCH3 is 1. The van der Waals surface area contributed by atoms with Crippen molar-refractivity contribution in [1.29, 1.82) is 0 Å². The topological polar surface area (TPSA) is 32.8 Å². The van der Waals surface area contributed by atoms with E-state index < -0.39 is 0 Å². The van der Waals surface area contributed by atoms with Crippen LogP contribution in [-0.4, -0.2) is 54.6 Å². The summed E-state index contributed by atoms with van der Waals surface area (Å²) in [5.41, 5.74) is 0.985. The third kappa shape index (κ3) is 3.78. The van der Waals surface area contributed by atoms with Gasteiger partial charge >= 0.3 is 0 Å². The van der Waals surface area contributed by atoms with Gasteiger partial charge in [0.2, 0.25) is 5.91 Å². The molecule has 0 unspecified atom stereocenters. The SMILES string of the molecule is COCCN1CCC[C@]2(CCC(=O)N2Cc2ccc(F)cc2)CC1. The lowest BCUT2D eigenvalue weighted by molar-refractivity contribution is -0.132. The van der Waals surface area contributed by atoms with Crippen molar-refractivity contribution in [1.82, 2.24) is 9.80 Å². The summed E-state index contributed by atoms with van der Waals surface area (Å²) < 4.78 is 18.3. The molecule has 0 bridgehead atoms. The van der Waals surface area contributed by atoms with E-state index >= 15 is 0 Å². The summed E-state index contributed by atoms with van der Waals surface area (Å²) in [6.07, 6.45) is 4.77. The van der Waals surface area contributed by atoms with Crippen LogP contribution in [-0.2, 0) is 16.1 Å². The molecule has 0 radical (unpaired) electrons. The average Bonchev–Trinajstić information content (AvgIpc) is 2.76. The molecule has 0 N–H and O–H groups in total. The Bertz CT molecular complexity index is 563. The van der Waals surface area contributed by atoms with Gasteiger partial charge < -0.3 is 14.5 Å². The number of halogens is 1.